The number of methoxy groups -OCH3 is 1. The molecule has 2 aromatic carbocycles. The minimum Gasteiger partial charge on any atom is -0.464 e. The fraction of sp³-hybridized carbons (Fsp3) is 0.0800. The van der Waals surface area contributed by atoms with E-state index in [0.717, 1.165) is 23.4 Å². The molecule has 0 fully saturated rings. The SMILES string of the molecule is COC(=O)c1ccc(/C(c2ccc(C)cc2)=c2/ccc(=C3N=c4ccccc4=N3)[nH]2)n1B(F)F. The van der Waals surface area contributed by atoms with Crippen LogP contribution in [0.2, 0.25) is 0 Å². The normalized spacial score (nSPS) is 13.1. The lowest BCUT2D eigenvalue weighted by Crippen LogP contribution is -2.24. The molecule has 0 radical (unpaired) electrons. The Morgan fingerprint density at radius 1 is 0.912 bits per heavy atom. The second-order valence-corrected chi connectivity index (χ2v) is 7.81. The van der Waals surface area contributed by atoms with Crippen LogP contribution in [-0.2, 0) is 4.74 Å². The highest BCUT2D eigenvalue weighted by Crippen LogP contribution is 2.25. The predicted octanol–water partition coefficient (Wildman–Crippen LogP) is 1.95. The van der Waals surface area contributed by atoms with Crippen LogP contribution in [0.5, 0.6) is 0 Å². The molecule has 1 aliphatic rings. The van der Waals surface area contributed by atoms with Gasteiger partial charge in [0, 0.05) is 16.6 Å². The Morgan fingerprint density at radius 2 is 1.56 bits per heavy atom. The molecule has 3 heterocycles. The molecule has 0 spiro atoms. The summed E-state index contributed by atoms with van der Waals surface area (Å²) in [5.41, 5.74) is 2.21. The van der Waals surface area contributed by atoms with Crippen molar-refractivity contribution < 1.29 is 18.2 Å². The molecule has 0 unspecified atom stereocenters. The van der Waals surface area contributed by atoms with E-state index < -0.39 is 13.4 Å². The number of carbonyl (C=O) groups is 1. The van der Waals surface area contributed by atoms with E-state index in [-0.39, 0.29) is 11.4 Å². The average Bonchev–Trinajstić information content (AvgIpc) is 3.58. The van der Waals surface area contributed by atoms with Gasteiger partial charge in [-0.15, -0.1) is 0 Å². The van der Waals surface area contributed by atoms with Crippen LogP contribution in [0.3, 0.4) is 0 Å². The lowest BCUT2D eigenvalue weighted by molar-refractivity contribution is 0.0591. The number of H-pyrrole nitrogens is 1. The number of rotatable bonds is 4. The van der Waals surface area contributed by atoms with Gasteiger partial charge >= 0.3 is 13.4 Å². The minimum absolute atomic E-state index is 0.182. The van der Waals surface area contributed by atoms with Crippen LogP contribution in [0.1, 0.15) is 27.3 Å². The topological polar surface area (TPSA) is 71.7 Å². The number of esters is 1. The predicted molar refractivity (Wildman–Crippen MR) is 124 cm³/mol. The summed E-state index contributed by atoms with van der Waals surface area (Å²) < 4.78 is 33.7. The van der Waals surface area contributed by atoms with Crippen molar-refractivity contribution in [1.29, 1.82) is 0 Å². The summed E-state index contributed by atoms with van der Waals surface area (Å²) in [5, 5.41) is 2.78. The van der Waals surface area contributed by atoms with Crippen molar-refractivity contribution in [3.8, 4) is 0 Å². The van der Waals surface area contributed by atoms with E-state index in [1.807, 2.05) is 61.5 Å². The number of hydrogen-bond acceptors (Lipinski definition) is 4. The monoisotopic (exact) mass is 456 g/mol. The maximum Gasteiger partial charge on any atom is 0.678 e. The number of carbonyl (C=O) groups excluding carboxylic acids is 1. The standard InChI is InChI=1S/C25H19BF2N4O2/c1-15-7-9-16(10-8-15)23(21-13-14-22(25(33)34-2)32(21)26(27)28)19-11-12-20(29-19)24-30-17-5-3-4-6-18(17)31-24/h3-14,29H,1-2H3/b23-19-. The van der Waals surface area contributed by atoms with Gasteiger partial charge in [0.05, 0.1) is 23.2 Å². The van der Waals surface area contributed by atoms with Crippen molar-refractivity contribution in [3.63, 3.8) is 0 Å². The molecule has 168 valence electrons. The van der Waals surface area contributed by atoms with Gasteiger partial charge in [0.25, 0.3) is 0 Å². The summed E-state index contributed by atoms with van der Waals surface area (Å²) in [6.45, 7) is 1.95. The van der Waals surface area contributed by atoms with Crippen LogP contribution in [-0.4, -0.2) is 29.9 Å². The molecule has 0 atom stereocenters. The molecule has 0 bridgehead atoms. The zero-order valence-corrected chi connectivity index (χ0v) is 18.4. The first-order chi connectivity index (χ1) is 16.5. The zero-order chi connectivity index (χ0) is 23.8. The maximum atomic E-state index is 14.2. The van der Waals surface area contributed by atoms with Crippen molar-refractivity contribution in [2.45, 2.75) is 6.92 Å². The number of nitrogens with zero attached hydrogens (tertiary/aromatic N) is 3. The van der Waals surface area contributed by atoms with E-state index in [1.54, 1.807) is 6.07 Å². The first kappa shape index (κ1) is 21.6. The van der Waals surface area contributed by atoms with E-state index in [2.05, 4.69) is 15.0 Å². The molecular formula is C25H19BF2N4O2. The van der Waals surface area contributed by atoms with E-state index in [0.29, 0.717) is 32.1 Å². The Labute approximate surface area is 193 Å². The number of fused-ring (bicyclic) bond motifs is 1. The van der Waals surface area contributed by atoms with Crippen molar-refractivity contribution >= 4 is 24.8 Å². The van der Waals surface area contributed by atoms with Crippen molar-refractivity contribution in [2.24, 2.45) is 9.98 Å². The molecular weight excluding hydrogens is 437 g/mol. The molecule has 1 N–H and O–H groups in total. The Bertz CT molecular complexity index is 1620. The van der Waals surface area contributed by atoms with Crippen molar-refractivity contribution in [2.75, 3.05) is 7.11 Å². The third-order valence-electron chi connectivity index (χ3n) is 5.63. The fourth-order valence-electron chi connectivity index (χ4n) is 3.99. The number of para-hydroxylation sites is 2. The lowest BCUT2D eigenvalue weighted by atomic mass is 9.99. The summed E-state index contributed by atoms with van der Waals surface area (Å²) in [5.74, 6) is -0.325. The van der Waals surface area contributed by atoms with E-state index >= 15 is 0 Å². The van der Waals surface area contributed by atoms with Crippen LogP contribution in [0.4, 0.5) is 8.63 Å². The third kappa shape index (κ3) is 3.75. The summed E-state index contributed by atoms with van der Waals surface area (Å²) in [4.78, 5) is 24.6. The first-order valence-corrected chi connectivity index (χ1v) is 10.6. The molecule has 2 aromatic heterocycles. The van der Waals surface area contributed by atoms with Gasteiger partial charge in [-0.2, -0.15) is 0 Å². The molecule has 34 heavy (non-hydrogen) atoms. The van der Waals surface area contributed by atoms with Crippen molar-refractivity contribution in [1.82, 2.24) is 9.46 Å². The Morgan fingerprint density at radius 3 is 2.18 bits per heavy atom. The van der Waals surface area contributed by atoms with Gasteiger partial charge in [0.1, 0.15) is 5.69 Å². The van der Waals surface area contributed by atoms with Crippen LogP contribution in [0.25, 0.3) is 11.4 Å². The highest BCUT2D eigenvalue weighted by atomic mass is 19.2. The van der Waals surface area contributed by atoms with Gasteiger partial charge in [-0.3, -0.25) is 8.63 Å². The molecule has 6 nitrogen and oxygen atoms in total. The zero-order valence-electron chi connectivity index (χ0n) is 18.4. The molecule has 0 saturated carbocycles. The first-order valence-electron chi connectivity index (χ1n) is 10.6. The Kier molecular flexibility index (Phi) is 5.45. The van der Waals surface area contributed by atoms with Gasteiger partial charge in [-0.1, -0.05) is 42.0 Å². The number of hydrogen-bond donors (Lipinski definition) is 1. The molecule has 9 heteroatoms. The molecule has 0 saturated heterocycles. The number of aryl methyl sites for hydroxylation is 1. The average molecular weight is 456 g/mol. The van der Waals surface area contributed by atoms with Crippen LogP contribution < -0.4 is 21.4 Å². The summed E-state index contributed by atoms with van der Waals surface area (Å²) in [6.07, 6.45) is 0. The third-order valence-corrected chi connectivity index (χ3v) is 5.63. The van der Waals surface area contributed by atoms with Crippen molar-refractivity contribution in [3.05, 3.63) is 117 Å². The quantitative estimate of drug-likeness (QED) is 0.377. The highest BCUT2D eigenvalue weighted by Gasteiger charge is 2.29. The minimum atomic E-state index is -2.95. The highest BCUT2D eigenvalue weighted by molar-refractivity contribution is 6.42. The van der Waals surface area contributed by atoms with E-state index in [9.17, 15) is 13.4 Å². The van der Waals surface area contributed by atoms with Gasteiger partial charge in [0.15, 0.2) is 5.82 Å². The van der Waals surface area contributed by atoms with Crippen LogP contribution in [0.15, 0.2) is 82.8 Å². The molecule has 5 rings (SSSR count). The fourth-order valence-corrected chi connectivity index (χ4v) is 3.99. The second kappa shape index (κ2) is 8.59. The Balaban J connectivity index is 1.80. The Hall–Kier alpha value is -4.27. The van der Waals surface area contributed by atoms with Gasteiger partial charge in [0.2, 0.25) is 0 Å². The molecule has 0 amide bonds. The largest absolute Gasteiger partial charge is 0.678 e. The second-order valence-electron chi connectivity index (χ2n) is 7.81. The lowest BCUT2D eigenvalue weighted by Gasteiger charge is -2.13. The van der Waals surface area contributed by atoms with Crippen LogP contribution >= 0.6 is 0 Å². The number of nitrogens with one attached hydrogen (secondary N) is 1. The van der Waals surface area contributed by atoms with E-state index in [1.165, 1.54) is 12.1 Å². The van der Waals surface area contributed by atoms with Gasteiger partial charge < -0.3 is 14.2 Å². The summed E-state index contributed by atoms with van der Waals surface area (Å²) in [6, 6.07) is 21.5. The number of halogens is 2. The number of aromatic amines is 1. The molecule has 4 aromatic rings. The van der Waals surface area contributed by atoms with Gasteiger partial charge in [-0.25, -0.2) is 14.8 Å². The van der Waals surface area contributed by atoms with Gasteiger partial charge in [-0.05, 0) is 48.9 Å². The smallest absolute Gasteiger partial charge is 0.464 e. The molecule has 0 aliphatic carbocycles. The summed E-state index contributed by atoms with van der Waals surface area (Å²) in [7, 11) is -1.78. The molecule has 1 aliphatic heterocycles. The number of ether oxygens (including phenoxy) is 1. The maximum absolute atomic E-state index is 14.2. The van der Waals surface area contributed by atoms with Crippen LogP contribution in [0, 0.1) is 6.92 Å². The number of aromatic nitrogens is 2. The number of benzene rings is 2. The summed E-state index contributed by atoms with van der Waals surface area (Å²) >= 11 is 0. The van der Waals surface area contributed by atoms with E-state index in [4.69, 9.17) is 4.74 Å².